The number of halogens is 2. The highest BCUT2D eigenvalue weighted by atomic mass is 79.9. The summed E-state index contributed by atoms with van der Waals surface area (Å²) in [5, 5.41) is 2.99. The molecule has 0 fully saturated rings. The molecule has 0 saturated heterocycles. The first-order valence-corrected chi connectivity index (χ1v) is 7.81. The average Bonchev–Trinajstić information content (AvgIpc) is 2.36. The summed E-state index contributed by atoms with van der Waals surface area (Å²) < 4.78 is 1.96. The molecule has 0 aliphatic carbocycles. The van der Waals surface area contributed by atoms with Gasteiger partial charge in [-0.3, -0.25) is 4.79 Å². The SMILES string of the molecule is Cc1ccc(C(=O)Nc2c(C)cc(Br)cc2C)cc1Br. The summed E-state index contributed by atoms with van der Waals surface area (Å²) in [6, 6.07) is 9.59. The number of benzene rings is 2. The molecule has 1 N–H and O–H groups in total. The van der Waals surface area contributed by atoms with Crippen LogP contribution in [0.1, 0.15) is 27.0 Å². The third-order valence-corrected chi connectivity index (χ3v) is 4.48. The Kier molecular flexibility index (Phi) is 4.66. The van der Waals surface area contributed by atoms with Crippen molar-refractivity contribution >= 4 is 43.5 Å². The van der Waals surface area contributed by atoms with E-state index in [1.54, 1.807) is 0 Å². The molecule has 2 rings (SSSR count). The molecule has 0 aromatic heterocycles. The Morgan fingerprint density at radius 3 is 2.10 bits per heavy atom. The molecule has 0 saturated carbocycles. The molecule has 0 spiro atoms. The number of anilines is 1. The number of carbonyl (C=O) groups excluding carboxylic acids is 1. The van der Waals surface area contributed by atoms with Crippen LogP contribution in [0.3, 0.4) is 0 Å². The highest BCUT2D eigenvalue weighted by molar-refractivity contribution is 9.10. The average molecular weight is 397 g/mol. The Bertz CT molecular complexity index is 657. The van der Waals surface area contributed by atoms with Crippen molar-refractivity contribution < 1.29 is 4.79 Å². The van der Waals surface area contributed by atoms with Crippen LogP contribution < -0.4 is 5.32 Å². The van der Waals surface area contributed by atoms with Crippen molar-refractivity contribution in [2.45, 2.75) is 20.8 Å². The van der Waals surface area contributed by atoms with Crippen LogP contribution in [-0.4, -0.2) is 5.91 Å². The lowest BCUT2D eigenvalue weighted by molar-refractivity contribution is 0.102. The monoisotopic (exact) mass is 395 g/mol. The van der Waals surface area contributed by atoms with E-state index < -0.39 is 0 Å². The van der Waals surface area contributed by atoms with Crippen LogP contribution in [-0.2, 0) is 0 Å². The van der Waals surface area contributed by atoms with Crippen molar-refractivity contribution in [3.8, 4) is 0 Å². The van der Waals surface area contributed by atoms with Gasteiger partial charge in [0, 0.05) is 20.2 Å². The summed E-state index contributed by atoms with van der Waals surface area (Å²) in [6.07, 6.45) is 0. The second kappa shape index (κ2) is 6.10. The molecular weight excluding hydrogens is 382 g/mol. The topological polar surface area (TPSA) is 29.1 Å². The van der Waals surface area contributed by atoms with Gasteiger partial charge in [-0.05, 0) is 61.7 Å². The van der Waals surface area contributed by atoms with Crippen LogP contribution in [0.15, 0.2) is 39.3 Å². The second-order valence-corrected chi connectivity index (χ2v) is 6.60. The zero-order valence-corrected chi connectivity index (χ0v) is 14.7. The van der Waals surface area contributed by atoms with Gasteiger partial charge in [0.05, 0.1) is 0 Å². The third kappa shape index (κ3) is 3.30. The van der Waals surface area contributed by atoms with Gasteiger partial charge in [0.1, 0.15) is 0 Å². The van der Waals surface area contributed by atoms with Gasteiger partial charge >= 0.3 is 0 Å². The quantitative estimate of drug-likeness (QED) is 0.724. The van der Waals surface area contributed by atoms with Crippen LogP contribution in [0.25, 0.3) is 0 Å². The number of amides is 1. The Balaban J connectivity index is 2.30. The van der Waals surface area contributed by atoms with Crippen LogP contribution in [0.4, 0.5) is 5.69 Å². The number of carbonyl (C=O) groups is 1. The van der Waals surface area contributed by atoms with E-state index in [2.05, 4.69) is 37.2 Å². The number of hydrogen-bond acceptors (Lipinski definition) is 1. The molecule has 4 heteroatoms. The fourth-order valence-corrected chi connectivity index (χ4v) is 3.09. The van der Waals surface area contributed by atoms with Gasteiger partial charge in [0.2, 0.25) is 0 Å². The normalized spacial score (nSPS) is 10.4. The van der Waals surface area contributed by atoms with Crippen LogP contribution in [0.5, 0.6) is 0 Å². The molecule has 0 radical (unpaired) electrons. The number of aryl methyl sites for hydroxylation is 3. The zero-order valence-electron chi connectivity index (χ0n) is 11.6. The number of hydrogen-bond donors (Lipinski definition) is 1. The fraction of sp³-hybridized carbons (Fsp3) is 0.188. The molecule has 2 aromatic rings. The Hall–Kier alpha value is -1.13. The lowest BCUT2D eigenvalue weighted by Gasteiger charge is -2.13. The van der Waals surface area contributed by atoms with Gasteiger partial charge in [-0.15, -0.1) is 0 Å². The Morgan fingerprint density at radius 2 is 1.55 bits per heavy atom. The zero-order chi connectivity index (χ0) is 14.9. The van der Waals surface area contributed by atoms with E-state index in [4.69, 9.17) is 0 Å². The molecule has 2 aromatic carbocycles. The first kappa shape index (κ1) is 15.3. The van der Waals surface area contributed by atoms with Gasteiger partial charge in [0.15, 0.2) is 0 Å². The lowest BCUT2D eigenvalue weighted by atomic mass is 10.1. The minimum absolute atomic E-state index is 0.0979. The Morgan fingerprint density at radius 1 is 0.950 bits per heavy atom. The Labute approximate surface area is 135 Å². The molecule has 0 atom stereocenters. The summed E-state index contributed by atoms with van der Waals surface area (Å²) in [7, 11) is 0. The highest BCUT2D eigenvalue weighted by Gasteiger charge is 2.11. The first-order valence-electron chi connectivity index (χ1n) is 6.22. The van der Waals surface area contributed by atoms with Crippen molar-refractivity contribution in [3.05, 3.63) is 61.5 Å². The minimum atomic E-state index is -0.0979. The summed E-state index contributed by atoms with van der Waals surface area (Å²) in [5.41, 5.74) is 4.70. The molecular formula is C16H15Br2NO. The lowest BCUT2D eigenvalue weighted by Crippen LogP contribution is -2.14. The molecule has 20 heavy (non-hydrogen) atoms. The largest absolute Gasteiger partial charge is 0.322 e. The van der Waals surface area contributed by atoms with Gasteiger partial charge < -0.3 is 5.32 Å². The van der Waals surface area contributed by atoms with Crippen LogP contribution >= 0.6 is 31.9 Å². The molecule has 0 heterocycles. The van der Waals surface area contributed by atoms with Gasteiger partial charge in [-0.1, -0.05) is 37.9 Å². The number of rotatable bonds is 2. The standard InChI is InChI=1S/C16H15Br2NO/c1-9-4-5-12(8-14(9)18)16(20)19-15-10(2)6-13(17)7-11(15)3/h4-8H,1-3H3,(H,19,20). The van der Waals surface area contributed by atoms with Crippen molar-refractivity contribution in [2.75, 3.05) is 5.32 Å². The maximum Gasteiger partial charge on any atom is 0.255 e. The summed E-state index contributed by atoms with van der Waals surface area (Å²) in [4.78, 5) is 12.3. The van der Waals surface area contributed by atoms with Crippen molar-refractivity contribution in [2.24, 2.45) is 0 Å². The van der Waals surface area contributed by atoms with Crippen LogP contribution in [0.2, 0.25) is 0 Å². The van der Waals surface area contributed by atoms with E-state index in [1.807, 2.05) is 51.1 Å². The number of nitrogens with one attached hydrogen (secondary N) is 1. The predicted octanol–water partition coefficient (Wildman–Crippen LogP) is 5.39. The van der Waals surface area contributed by atoms with E-state index in [9.17, 15) is 4.79 Å². The second-order valence-electron chi connectivity index (χ2n) is 4.83. The summed E-state index contributed by atoms with van der Waals surface area (Å²) in [5.74, 6) is -0.0979. The maximum absolute atomic E-state index is 12.3. The van der Waals surface area contributed by atoms with Gasteiger partial charge in [-0.25, -0.2) is 0 Å². The molecule has 0 bridgehead atoms. The smallest absolute Gasteiger partial charge is 0.255 e. The molecule has 2 nitrogen and oxygen atoms in total. The molecule has 0 aliphatic heterocycles. The van der Waals surface area contributed by atoms with Crippen molar-refractivity contribution in [1.29, 1.82) is 0 Å². The van der Waals surface area contributed by atoms with Gasteiger partial charge in [-0.2, -0.15) is 0 Å². The summed E-state index contributed by atoms with van der Waals surface area (Å²) >= 11 is 6.91. The third-order valence-electron chi connectivity index (χ3n) is 3.17. The van der Waals surface area contributed by atoms with E-state index in [0.29, 0.717) is 5.56 Å². The molecule has 1 amide bonds. The van der Waals surface area contributed by atoms with Crippen LogP contribution in [0, 0.1) is 20.8 Å². The van der Waals surface area contributed by atoms with E-state index in [1.165, 1.54) is 0 Å². The minimum Gasteiger partial charge on any atom is -0.322 e. The van der Waals surface area contributed by atoms with Gasteiger partial charge in [0.25, 0.3) is 5.91 Å². The van der Waals surface area contributed by atoms with E-state index in [-0.39, 0.29) is 5.91 Å². The van der Waals surface area contributed by atoms with Crippen molar-refractivity contribution in [1.82, 2.24) is 0 Å². The summed E-state index contributed by atoms with van der Waals surface area (Å²) in [6.45, 7) is 5.96. The molecule has 0 unspecified atom stereocenters. The highest BCUT2D eigenvalue weighted by Crippen LogP contribution is 2.26. The van der Waals surface area contributed by atoms with E-state index in [0.717, 1.165) is 31.3 Å². The first-order chi connectivity index (χ1) is 9.38. The maximum atomic E-state index is 12.3. The predicted molar refractivity (Wildman–Crippen MR) is 90.4 cm³/mol. The fourth-order valence-electron chi connectivity index (χ4n) is 2.03. The molecule has 0 aliphatic rings. The molecule has 104 valence electrons. The van der Waals surface area contributed by atoms with E-state index >= 15 is 0 Å². The van der Waals surface area contributed by atoms with Crippen molar-refractivity contribution in [3.63, 3.8) is 0 Å².